The van der Waals surface area contributed by atoms with Gasteiger partial charge >= 0.3 is 0 Å². The molecule has 1 aromatic carbocycles. The molecule has 134 valence electrons. The number of hydrogen-bond donors (Lipinski definition) is 2. The van der Waals surface area contributed by atoms with Gasteiger partial charge in [-0.15, -0.1) is 0 Å². The van der Waals surface area contributed by atoms with Gasteiger partial charge in [0, 0.05) is 19.3 Å². The number of nitrogens with zero attached hydrogens (tertiary/aromatic N) is 4. The number of aromatic nitrogens is 3. The maximum atomic E-state index is 9.37. The Morgan fingerprint density at radius 2 is 2.00 bits per heavy atom. The Labute approximate surface area is 152 Å². The Morgan fingerprint density at radius 1 is 1.23 bits per heavy atom. The predicted molar refractivity (Wildman–Crippen MR) is 99.5 cm³/mol. The van der Waals surface area contributed by atoms with Gasteiger partial charge in [0.1, 0.15) is 22.8 Å². The molecule has 1 fully saturated rings. The summed E-state index contributed by atoms with van der Waals surface area (Å²) in [5.41, 5.74) is -0.329. The third kappa shape index (κ3) is 3.22. The van der Waals surface area contributed by atoms with Crippen LogP contribution in [0.4, 0.5) is 5.82 Å². The summed E-state index contributed by atoms with van der Waals surface area (Å²) in [7, 11) is 6.95. The molecule has 3 aromatic rings. The third-order valence-corrected chi connectivity index (χ3v) is 4.99. The SMILES string of the molecule is [B]C(O)(O)CC1CCN(c2ccn3c(n2)nc2cccc(OC)c23)CC1. The number of methoxy groups -OCH3 is 1. The van der Waals surface area contributed by atoms with Crippen LogP contribution in [-0.4, -0.2) is 58.3 Å². The van der Waals surface area contributed by atoms with Crippen LogP contribution < -0.4 is 9.64 Å². The van der Waals surface area contributed by atoms with Gasteiger partial charge < -0.3 is 19.8 Å². The van der Waals surface area contributed by atoms with Crippen molar-refractivity contribution in [3.8, 4) is 5.75 Å². The number of ether oxygens (including phenoxy) is 1. The van der Waals surface area contributed by atoms with E-state index < -0.39 is 5.69 Å². The molecule has 0 bridgehead atoms. The molecule has 2 radical (unpaired) electrons. The Bertz CT molecular complexity index is 929. The minimum absolute atomic E-state index is 0.193. The molecule has 8 heteroatoms. The summed E-state index contributed by atoms with van der Waals surface area (Å²) in [4.78, 5) is 11.5. The average molecular weight is 352 g/mol. The molecule has 1 aliphatic rings. The van der Waals surface area contributed by atoms with E-state index in [9.17, 15) is 10.2 Å². The quantitative estimate of drug-likeness (QED) is 0.544. The van der Waals surface area contributed by atoms with Gasteiger partial charge in [-0.05, 0) is 43.4 Å². The van der Waals surface area contributed by atoms with Gasteiger partial charge in [0.25, 0.3) is 0 Å². The Kier molecular flexibility index (Phi) is 4.24. The molecule has 1 saturated heterocycles. The molecular weight excluding hydrogens is 331 g/mol. The van der Waals surface area contributed by atoms with Crippen molar-refractivity contribution in [2.24, 2.45) is 5.92 Å². The molecule has 2 N–H and O–H groups in total. The highest BCUT2D eigenvalue weighted by Gasteiger charge is 2.26. The summed E-state index contributed by atoms with van der Waals surface area (Å²) < 4.78 is 7.38. The largest absolute Gasteiger partial charge is 0.494 e. The summed E-state index contributed by atoms with van der Waals surface area (Å²) in [5, 5.41) is 18.7. The number of imidazole rings is 1. The van der Waals surface area contributed by atoms with Gasteiger partial charge in [-0.3, -0.25) is 4.40 Å². The van der Waals surface area contributed by atoms with E-state index in [1.807, 2.05) is 34.9 Å². The lowest BCUT2D eigenvalue weighted by Gasteiger charge is -2.34. The van der Waals surface area contributed by atoms with Crippen LogP contribution >= 0.6 is 0 Å². The topological polar surface area (TPSA) is 83.1 Å². The lowest BCUT2D eigenvalue weighted by molar-refractivity contribution is -0.102. The summed E-state index contributed by atoms with van der Waals surface area (Å²) in [6.45, 7) is 1.60. The second-order valence-electron chi connectivity index (χ2n) is 6.91. The zero-order valence-electron chi connectivity index (χ0n) is 14.7. The van der Waals surface area contributed by atoms with Crippen molar-refractivity contribution in [2.75, 3.05) is 25.1 Å². The first-order valence-electron chi connectivity index (χ1n) is 8.75. The molecule has 4 rings (SSSR count). The first-order valence-corrected chi connectivity index (χ1v) is 8.75. The van der Waals surface area contributed by atoms with Crippen LogP contribution in [0.1, 0.15) is 19.3 Å². The molecule has 3 heterocycles. The van der Waals surface area contributed by atoms with E-state index in [2.05, 4.69) is 9.88 Å². The van der Waals surface area contributed by atoms with Crippen LogP contribution in [0.15, 0.2) is 30.5 Å². The minimum Gasteiger partial charge on any atom is -0.494 e. The van der Waals surface area contributed by atoms with Gasteiger partial charge in [-0.2, -0.15) is 4.98 Å². The maximum absolute atomic E-state index is 9.37. The second-order valence-corrected chi connectivity index (χ2v) is 6.91. The van der Waals surface area contributed by atoms with Crippen molar-refractivity contribution in [2.45, 2.75) is 24.9 Å². The van der Waals surface area contributed by atoms with Crippen LogP contribution in [-0.2, 0) is 0 Å². The van der Waals surface area contributed by atoms with E-state index in [1.165, 1.54) is 0 Å². The van der Waals surface area contributed by atoms with Gasteiger partial charge in [0.2, 0.25) is 5.78 Å². The third-order valence-electron chi connectivity index (χ3n) is 4.99. The van der Waals surface area contributed by atoms with E-state index >= 15 is 0 Å². The first kappa shape index (κ1) is 17.1. The fourth-order valence-corrected chi connectivity index (χ4v) is 3.74. The van der Waals surface area contributed by atoms with Crippen molar-refractivity contribution < 1.29 is 14.9 Å². The number of fused-ring (bicyclic) bond motifs is 3. The Balaban J connectivity index is 1.58. The van der Waals surface area contributed by atoms with Gasteiger partial charge in [-0.25, -0.2) is 4.98 Å². The summed E-state index contributed by atoms with van der Waals surface area (Å²) in [6, 6.07) is 7.75. The maximum Gasteiger partial charge on any atom is 0.236 e. The number of benzene rings is 1. The summed E-state index contributed by atoms with van der Waals surface area (Å²) in [5.74, 6) is 2.48. The van der Waals surface area contributed by atoms with Gasteiger partial charge in [0.15, 0.2) is 7.85 Å². The number of rotatable bonds is 4. The normalized spacial score (nSPS) is 16.5. The van der Waals surface area contributed by atoms with E-state index in [0.717, 1.165) is 48.5 Å². The molecule has 0 unspecified atom stereocenters. The monoisotopic (exact) mass is 352 g/mol. The molecule has 0 aliphatic carbocycles. The highest BCUT2D eigenvalue weighted by molar-refractivity contribution is 6.12. The second kappa shape index (κ2) is 6.44. The smallest absolute Gasteiger partial charge is 0.236 e. The zero-order chi connectivity index (χ0) is 18.3. The standard InChI is InChI=1S/C18H21BN4O3/c1-26-14-4-2-3-13-16(14)23-10-7-15(21-17(23)20-13)22-8-5-12(6-9-22)11-18(19,24)25/h2-4,7,10,12,24-25H,5-6,8-9,11H2,1H3. The van der Waals surface area contributed by atoms with Crippen molar-refractivity contribution >= 4 is 30.5 Å². The van der Waals surface area contributed by atoms with Crippen LogP contribution in [0.2, 0.25) is 0 Å². The van der Waals surface area contributed by atoms with Crippen molar-refractivity contribution in [1.29, 1.82) is 0 Å². The number of piperidine rings is 1. The molecular formula is C18H21BN4O3. The van der Waals surface area contributed by atoms with Crippen molar-refractivity contribution in [3.05, 3.63) is 30.5 Å². The van der Waals surface area contributed by atoms with Crippen LogP contribution in [0, 0.1) is 5.92 Å². The average Bonchev–Trinajstić information content (AvgIpc) is 2.98. The molecule has 26 heavy (non-hydrogen) atoms. The fraction of sp³-hybridized carbons (Fsp3) is 0.444. The van der Waals surface area contributed by atoms with Crippen LogP contribution in [0.3, 0.4) is 0 Å². The van der Waals surface area contributed by atoms with Crippen molar-refractivity contribution in [1.82, 2.24) is 14.4 Å². The Morgan fingerprint density at radius 3 is 2.69 bits per heavy atom. The molecule has 0 saturated carbocycles. The van der Waals surface area contributed by atoms with Crippen LogP contribution in [0.5, 0.6) is 5.75 Å². The lowest BCUT2D eigenvalue weighted by Crippen LogP contribution is -2.38. The number of anilines is 1. The highest BCUT2D eigenvalue weighted by Crippen LogP contribution is 2.29. The molecule has 7 nitrogen and oxygen atoms in total. The highest BCUT2D eigenvalue weighted by atomic mass is 16.5. The number of aliphatic hydroxyl groups is 2. The molecule has 1 aliphatic heterocycles. The van der Waals surface area contributed by atoms with Gasteiger partial charge in [0.05, 0.1) is 12.6 Å². The molecule has 0 amide bonds. The minimum atomic E-state index is -2.08. The van der Waals surface area contributed by atoms with E-state index in [1.54, 1.807) is 7.11 Å². The fourth-order valence-electron chi connectivity index (χ4n) is 3.74. The van der Waals surface area contributed by atoms with E-state index in [0.29, 0.717) is 5.78 Å². The molecule has 2 aromatic heterocycles. The number of hydrogen-bond acceptors (Lipinski definition) is 6. The Hall–Kier alpha value is -2.32. The molecule has 0 spiro atoms. The first-order chi connectivity index (χ1) is 12.4. The number of para-hydroxylation sites is 1. The van der Waals surface area contributed by atoms with E-state index in [-0.39, 0.29) is 12.3 Å². The van der Waals surface area contributed by atoms with Crippen LogP contribution in [0.25, 0.3) is 16.8 Å². The lowest BCUT2D eigenvalue weighted by atomic mass is 9.81. The predicted octanol–water partition coefficient (Wildman–Crippen LogP) is 1.30. The molecule has 0 atom stereocenters. The van der Waals surface area contributed by atoms with Gasteiger partial charge in [-0.1, -0.05) is 6.07 Å². The van der Waals surface area contributed by atoms with E-state index in [4.69, 9.17) is 17.6 Å². The zero-order valence-corrected chi connectivity index (χ0v) is 14.7. The van der Waals surface area contributed by atoms with Crippen molar-refractivity contribution in [3.63, 3.8) is 0 Å². The summed E-state index contributed by atoms with van der Waals surface area (Å²) in [6.07, 6.45) is 3.85. The summed E-state index contributed by atoms with van der Waals surface area (Å²) >= 11 is 0.